The molecule has 0 radical (unpaired) electrons. The number of hydrogen-bond acceptors (Lipinski definition) is 2. The van der Waals surface area contributed by atoms with Crippen molar-refractivity contribution in [2.24, 2.45) is 0 Å². The van der Waals surface area contributed by atoms with Crippen molar-refractivity contribution in [1.29, 1.82) is 0 Å². The molecule has 1 heterocycles. The molecule has 1 aromatic heterocycles. The summed E-state index contributed by atoms with van der Waals surface area (Å²) in [7, 11) is 0. The lowest BCUT2D eigenvalue weighted by Gasteiger charge is -2.25. The summed E-state index contributed by atoms with van der Waals surface area (Å²) in [5.41, 5.74) is 2.64. The first-order valence-electron chi connectivity index (χ1n) is 6.09. The molecule has 2 atom stereocenters. The Kier molecular flexibility index (Phi) is 3.73. The van der Waals surface area contributed by atoms with Crippen LogP contribution in [0.15, 0.2) is 30.6 Å². The number of nitrogens with zero attached hydrogens (tertiary/aromatic N) is 1. The zero-order valence-corrected chi connectivity index (χ0v) is 10.1. The molecule has 0 spiro atoms. The standard InChI is InChI=1S/C14H20N2/c1-11-8-9-15-10-14(11)12(2)16-13-6-4-3-5-7-13/h3-4,8-10,12-13,16H,5-7H2,1-2H3. The highest BCUT2D eigenvalue weighted by molar-refractivity contribution is 5.24. The Morgan fingerprint density at radius 3 is 3.00 bits per heavy atom. The minimum atomic E-state index is 0.394. The van der Waals surface area contributed by atoms with E-state index in [9.17, 15) is 0 Å². The third-order valence-corrected chi connectivity index (χ3v) is 3.30. The second-order valence-corrected chi connectivity index (χ2v) is 4.60. The van der Waals surface area contributed by atoms with Gasteiger partial charge in [-0.05, 0) is 50.3 Å². The van der Waals surface area contributed by atoms with E-state index in [-0.39, 0.29) is 0 Å². The van der Waals surface area contributed by atoms with Gasteiger partial charge >= 0.3 is 0 Å². The summed E-state index contributed by atoms with van der Waals surface area (Å²) in [5, 5.41) is 3.68. The van der Waals surface area contributed by atoms with Crippen LogP contribution in [0.5, 0.6) is 0 Å². The van der Waals surface area contributed by atoms with Crippen LogP contribution in [0.1, 0.15) is 43.4 Å². The molecule has 1 aromatic rings. The first-order chi connectivity index (χ1) is 7.77. The summed E-state index contributed by atoms with van der Waals surface area (Å²) < 4.78 is 0. The smallest absolute Gasteiger partial charge is 0.0318 e. The molecule has 0 amide bonds. The highest BCUT2D eigenvalue weighted by Gasteiger charge is 2.14. The van der Waals surface area contributed by atoms with Gasteiger partial charge in [-0.15, -0.1) is 0 Å². The van der Waals surface area contributed by atoms with E-state index in [1.807, 2.05) is 12.4 Å². The van der Waals surface area contributed by atoms with E-state index in [0.717, 1.165) is 6.42 Å². The average Bonchev–Trinajstić information content (AvgIpc) is 2.31. The Labute approximate surface area is 97.8 Å². The van der Waals surface area contributed by atoms with Crippen molar-refractivity contribution in [3.8, 4) is 0 Å². The van der Waals surface area contributed by atoms with Gasteiger partial charge in [-0.25, -0.2) is 0 Å². The number of allylic oxidation sites excluding steroid dienone is 1. The van der Waals surface area contributed by atoms with E-state index in [0.29, 0.717) is 12.1 Å². The number of aromatic nitrogens is 1. The fourth-order valence-electron chi connectivity index (χ4n) is 2.32. The molecule has 1 N–H and O–H groups in total. The molecule has 2 nitrogen and oxygen atoms in total. The normalized spacial score (nSPS) is 22.0. The zero-order valence-electron chi connectivity index (χ0n) is 10.1. The average molecular weight is 216 g/mol. The monoisotopic (exact) mass is 216 g/mol. The number of aryl methyl sites for hydroxylation is 1. The molecule has 1 aliphatic rings. The van der Waals surface area contributed by atoms with Crippen LogP contribution < -0.4 is 5.32 Å². The maximum atomic E-state index is 4.21. The van der Waals surface area contributed by atoms with Crippen LogP contribution in [0.3, 0.4) is 0 Å². The van der Waals surface area contributed by atoms with Crippen LogP contribution >= 0.6 is 0 Å². The van der Waals surface area contributed by atoms with Crippen molar-refractivity contribution in [2.45, 2.75) is 45.2 Å². The van der Waals surface area contributed by atoms with Crippen LogP contribution in [0.25, 0.3) is 0 Å². The van der Waals surface area contributed by atoms with Crippen LogP contribution in [0.2, 0.25) is 0 Å². The van der Waals surface area contributed by atoms with Gasteiger partial charge in [-0.2, -0.15) is 0 Å². The van der Waals surface area contributed by atoms with Crippen molar-refractivity contribution in [1.82, 2.24) is 10.3 Å². The topological polar surface area (TPSA) is 24.9 Å². The maximum absolute atomic E-state index is 4.21. The van der Waals surface area contributed by atoms with E-state index < -0.39 is 0 Å². The highest BCUT2D eigenvalue weighted by atomic mass is 14.9. The number of rotatable bonds is 3. The summed E-state index contributed by atoms with van der Waals surface area (Å²) in [4.78, 5) is 4.21. The van der Waals surface area contributed by atoms with Crippen LogP contribution in [-0.2, 0) is 0 Å². The first kappa shape index (κ1) is 11.3. The Hall–Kier alpha value is -1.15. The fraction of sp³-hybridized carbons (Fsp3) is 0.500. The Bertz CT molecular complexity index is 371. The van der Waals surface area contributed by atoms with E-state index >= 15 is 0 Å². The number of nitrogens with one attached hydrogen (secondary N) is 1. The number of hydrogen-bond donors (Lipinski definition) is 1. The van der Waals surface area contributed by atoms with Gasteiger partial charge in [0.2, 0.25) is 0 Å². The summed E-state index contributed by atoms with van der Waals surface area (Å²) in [5.74, 6) is 0. The number of pyridine rings is 1. The van der Waals surface area contributed by atoms with Gasteiger partial charge in [0.15, 0.2) is 0 Å². The quantitative estimate of drug-likeness (QED) is 0.785. The van der Waals surface area contributed by atoms with Crippen molar-refractivity contribution in [3.63, 3.8) is 0 Å². The summed E-state index contributed by atoms with van der Waals surface area (Å²) in [6.45, 7) is 4.37. The third-order valence-electron chi connectivity index (χ3n) is 3.30. The van der Waals surface area contributed by atoms with E-state index in [1.165, 1.54) is 24.0 Å². The van der Waals surface area contributed by atoms with Gasteiger partial charge in [0, 0.05) is 24.5 Å². The zero-order chi connectivity index (χ0) is 11.4. The SMILES string of the molecule is Cc1ccncc1C(C)NC1CC=CCC1. The Morgan fingerprint density at radius 2 is 2.31 bits per heavy atom. The largest absolute Gasteiger partial charge is 0.307 e. The van der Waals surface area contributed by atoms with Gasteiger partial charge in [-0.3, -0.25) is 4.98 Å². The van der Waals surface area contributed by atoms with Crippen molar-refractivity contribution in [2.75, 3.05) is 0 Å². The third kappa shape index (κ3) is 2.70. The van der Waals surface area contributed by atoms with Crippen LogP contribution in [0.4, 0.5) is 0 Å². The molecule has 0 aliphatic heterocycles. The molecule has 86 valence electrons. The van der Waals surface area contributed by atoms with Gasteiger partial charge in [0.25, 0.3) is 0 Å². The lowest BCUT2D eigenvalue weighted by atomic mass is 9.99. The molecule has 2 heteroatoms. The molecular weight excluding hydrogens is 196 g/mol. The predicted molar refractivity (Wildman–Crippen MR) is 67.3 cm³/mol. The predicted octanol–water partition coefficient (Wildman–Crippen LogP) is 3.15. The minimum absolute atomic E-state index is 0.394. The summed E-state index contributed by atoms with van der Waals surface area (Å²) in [6.07, 6.45) is 12.0. The Morgan fingerprint density at radius 1 is 1.44 bits per heavy atom. The Balaban J connectivity index is 2.00. The van der Waals surface area contributed by atoms with E-state index in [4.69, 9.17) is 0 Å². The van der Waals surface area contributed by atoms with Crippen molar-refractivity contribution >= 4 is 0 Å². The molecule has 2 unspecified atom stereocenters. The highest BCUT2D eigenvalue weighted by Crippen LogP contribution is 2.19. The molecule has 0 aromatic carbocycles. The maximum Gasteiger partial charge on any atom is 0.0318 e. The molecule has 1 aliphatic carbocycles. The van der Waals surface area contributed by atoms with Crippen molar-refractivity contribution in [3.05, 3.63) is 41.7 Å². The van der Waals surface area contributed by atoms with Gasteiger partial charge in [0.1, 0.15) is 0 Å². The van der Waals surface area contributed by atoms with Crippen LogP contribution in [-0.4, -0.2) is 11.0 Å². The van der Waals surface area contributed by atoms with Gasteiger partial charge in [-0.1, -0.05) is 12.2 Å². The van der Waals surface area contributed by atoms with Crippen LogP contribution in [0, 0.1) is 6.92 Å². The molecule has 0 fully saturated rings. The lowest BCUT2D eigenvalue weighted by Crippen LogP contribution is -2.32. The minimum Gasteiger partial charge on any atom is -0.307 e. The molecule has 0 saturated heterocycles. The van der Waals surface area contributed by atoms with Gasteiger partial charge in [0.05, 0.1) is 0 Å². The van der Waals surface area contributed by atoms with E-state index in [2.05, 4.69) is 42.4 Å². The van der Waals surface area contributed by atoms with E-state index in [1.54, 1.807) is 0 Å². The van der Waals surface area contributed by atoms with Gasteiger partial charge < -0.3 is 5.32 Å². The van der Waals surface area contributed by atoms with Crippen molar-refractivity contribution < 1.29 is 0 Å². The molecule has 16 heavy (non-hydrogen) atoms. The fourth-order valence-corrected chi connectivity index (χ4v) is 2.32. The lowest BCUT2D eigenvalue weighted by molar-refractivity contribution is 0.424. The molecule has 0 bridgehead atoms. The second kappa shape index (κ2) is 5.26. The first-order valence-corrected chi connectivity index (χ1v) is 6.09. The molecular formula is C14H20N2. The second-order valence-electron chi connectivity index (χ2n) is 4.60. The summed E-state index contributed by atoms with van der Waals surface area (Å²) >= 11 is 0. The molecule has 0 saturated carbocycles. The summed E-state index contributed by atoms with van der Waals surface area (Å²) in [6, 6.07) is 3.10. The molecule has 2 rings (SSSR count).